The van der Waals surface area contributed by atoms with Crippen LogP contribution in [0.25, 0.3) is 0 Å². The number of nitrogens with zero attached hydrogens (tertiary/aromatic N) is 2. The predicted molar refractivity (Wildman–Crippen MR) is 154 cm³/mol. The van der Waals surface area contributed by atoms with Crippen LogP contribution in [0.15, 0.2) is 36.7 Å². The summed E-state index contributed by atoms with van der Waals surface area (Å²) in [5.74, 6) is 13.8. The van der Waals surface area contributed by atoms with Gasteiger partial charge in [-0.3, -0.25) is 0 Å². The number of nitrogens with two attached hydrogens (primary N) is 1. The first kappa shape index (κ1) is 29.5. The van der Waals surface area contributed by atoms with Crippen LogP contribution < -0.4 is 11.1 Å². The Morgan fingerprint density at radius 3 is 1.69 bits per heavy atom. The topological polar surface area (TPSA) is 122 Å². The number of aromatic nitrogens is 4. The Balaban J connectivity index is 1.68. The number of benzene rings is 1. The van der Waals surface area contributed by atoms with E-state index in [0.717, 1.165) is 22.6 Å². The summed E-state index contributed by atoms with van der Waals surface area (Å²) in [7, 11) is 0. The highest BCUT2D eigenvalue weighted by molar-refractivity contribution is 5.68. The monoisotopic (exact) mass is 528 g/mol. The average molecular weight is 529 g/mol. The smallest absolute Gasteiger partial charge is 0.408 e. The molecule has 0 saturated carbocycles. The maximum absolute atomic E-state index is 12.4. The molecule has 8 nitrogen and oxygen atoms in total. The molecule has 5 N–H and O–H groups in total. The van der Waals surface area contributed by atoms with Gasteiger partial charge in [-0.25, -0.2) is 14.8 Å². The number of carbonyl (C=O) groups excluding carboxylic acids is 1. The van der Waals surface area contributed by atoms with Crippen molar-refractivity contribution in [3.63, 3.8) is 0 Å². The summed E-state index contributed by atoms with van der Waals surface area (Å²) in [5.41, 5.74) is 8.37. The highest BCUT2D eigenvalue weighted by atomic mass is 16.6. The molecule has 0 aliphatic rings. The number of H-pyrrole nitrogens is 2. The van der Waals surface area contributed by atoms with Gasteiger partial charge in [-0.1, -0.05) is 53.4 Å². The van der Waals surface area contributed by atoms with E-state index in [4.69, 9.17) is 10.5 Å². The second kappa shape index (κ2) is 11.4. The normalized spacial score (nSPS) is 13.4. The van der Waals surface area contributed by atoms with E-state index < -0.39 is 11.7 Å². The molecule has 3 rings (SSSR count). The van der Waals surface area contributed by atoms with E-state index in [2.05, 4.69) is 69.7 Å². The van der Waals surface area contributed by atoms with Gasteiger partial charge < -0.3 is 25.8 Å². The first-order valence-corrected chi connectivity index (χ1v) is 13.0. The zero-order valence-electron chi connectivity index (χ0n) is 24.4. The SMILES string of the molecule is CC(C)(C)OC(=O)NC(c1ncc(C#Cc2ccc(C#Cc3cnc(C(N)C(C)(C)C)[nH]3)cc2)[nH]1)C(C)(C)C. The highest BCUT2D eigenvalue weighted by Gasteiger charge is 2.32. The Kier molecular flexibility index (Phi) is 8.63. The van der Waals surface area contributed by atoms with Gasteiger partial charge in [-0.05, 0) is 67.7 Å². The number of aromatic amines is 2. The number of rotatable bonds is 3. The molecular weight excluding hydrogens is 488 g/mol. The van der Waals surface area contributed by atoms with E-state index >= 15 is 0 Å². The highest BCUT2D eigenvalue weighted by Crippen LogP contribution is 2.31. The van der Waals surface area contributed by atoms with Gasteiger partial charge in [0.25, 0.3) is 0 Å². The molecule has 0 saturated heterocycles. The molecule has 39 heavy (non-hydrogen) atoms. The quantitative estimate of drug-likeness (QED) is 0.330. The molecule has 2 heterocycles. The summed E-state index contributed by atoms with van der Waals surface area (Å²) in [5, 5.41) is 2.93. The average Bonchev–Trinajstić information content (AvgIpc) is 3.47. The first-order valence-electron chi connectivity index (χ1n) is 13.0. The predicted octanol–water partition coefficient (Wildman–Crippen LogP) is 5.59. The van der Waals surface area contributed by atoms with E-state index in [1.807, 2.05) is 65.8 Å². The number of nitrogens with one attached hydrogen (secondary N) is 3. The third kappa shape index (κ3) is 8.77. The maximum atomic E-state index is 12.4. The molecule has 1 aromatic carbocycles. The van der Waals surface area contributed by atoms with Crippen LogP contribution in [0.3, 0.4) is 0 Å². The van der Waals surface area contributed by atoms with Crippen molar-refractivity contribution in [2.75, 3.05) is 0 Å². The number of alkyl carbamates (subject to hydrolysis) is 1. The summed E-state index contributed by atoms with van der Waals surface area (Å²) < 4.78 is 5.43. The zero-order chi connectivity index (χ0) is 29.0. The first-order chi connectivity index (χ1) is 18.0. The van der Waals surface area contributed by atoms with Gasteiger partial charge in [0.05, 0.1) is 24.5 Å². The minimum atomic E-state index is -0.587. The van der Waals surface area contributed by atoms with Crippen LogP contribution in [0.5, 0.6) is 0 Å². The Hall–Kier alpha value is -4.01. The van der Waals surface area contributed by atoms with E-state index in [1.54, 1.807) is 12.4 Å². The van der Waals surface area contributed by atoms with Crippen molar-refractivity contribution < 1.29 is 9.53 Å². The van der Waals surface area contributed by atoms with Crippen LogP contribution in [0.4, 0.5) is 4.79 Å². The number of hydrogen-bond acceptors (Lipinski definition) is 5. The molecule has 0 aliphatic carbocycles. The Bertz CT molecular complexity index is 1400. The van der Waals surface area contributed by atoms with Gasteiger partial charge in [0.1, 0.15) is 28.6 Å². The van der Waals surface area contributed by atoms with Crippen LogP contribution in [-0.2, 0) is 4.74 Å². The summed E-state index contributed by atoms with van der Waals surface area (Å²) in [6.45, 7) is 17.8. The van der Waals surface area contributed by atoms with Crippen molar-refractivity contribution in [2.45, 2.75) is 80.0 Å². The van der Waals surface area contributed by atoms with E-state index in [-0.39, 0.29) is 22.9 Å². The lowest BCUT2D eigenvalue weighted by molar-refractivity contribution is 0.0458. The number of hydrogen-bond donors (Lipinski definition) is 4. The Labute approximate surface area is 232 Å². The van der Waals surface area contributed by atoms with Crippen molar-refractivity contribution in [3.8, 4) is 23.7 Å². The van der Waals surface area contributed by atoms with Crippen LogP contribution in [0.1, 0.15) is 109 Å². The van der Waals surface area contributed by atoms with Crippen LogP contribution in [0, 0.1) is 34.5 Å². The third-order valence-electron chi connectivity index (χ3n) is 5.79. The molecule has 206 valence electrons. The number of carbonyl (C=O) groups is 1. The van der Waals surface area contributed by atoms with Crippen molar-refractivity contribution in [1.29, 1.82) is 0 Å². The van der Waals surface area contributed by atoms with Crippen molar-refractivity contribution >= 4 is 6.09 Å². The van der Waals surface area contributed by atoms with E-state index in [0.29, 0.717) is 11.5 Å². The summed E-state index contributed by atoms with van der Waals surface area (Å²) >= 11 is 0. The lowest BCUT2D eigenvalue weighted by Crippen LogP contribution is -2.40. The molecule has 0 fully saturated rings. The molecule has 3 aromatic rings. The lowest BCUT2D eigenvalue weighted by Gasteiger charge is -2.31. The summed E-state index contributed by atoms with van der Waals surface area (Å²) in [6, 6.07) is 7.12. The zero-order valence-corrected chi connectivity index (χ0v) is 24.4. The number of imidazole rings is 2. The number of amides is 1. The van der Waals surface area contributed by atoms with E-state index in [9.17, 15) is 4.79 Å². The van der Waals surface area contributed by atoms with Crippen molar-refractivity contribution in [3.05, 3.63) is 70.8 Å². The minimum absolute atomic E-state index is 0.0948. The summed E-state index contributed by atoms with van der Waals surface area (Å²) in [6.07, 6.45) is 2.89. The molecule has 2 unspecified atom stereocenters. The molecule has 0 bridgehead atoms. The van der Waals surface area contributed by atoms with Crippen LogP contribution >= 0.6 is 0 Å². The second-order valence-corrected chi connectivity index (χ2v) is 12.7. The molecule has 8 heteroatoms. The van der Waals surface area contributed by atoms with E-state index in [1.165, 1.54) is 0 Å². The van der Waals surface area contributed by atoms with Crippen molar-refractivity contribution in [1.82, 2.24) is 25.3 Å². The number of ether oxygens (including phenoxy) is 1. The van der Waals surface area contributed by atoms with Gasteiger partial charge in [-0.15, -0.1) is 0 Å². The maximum Gasteiger partial charge on any atom is 0.408 e. The minimum Gasteiger partial charge on any atom is -0.444 e. The van der Waals surface area contributed by atoms with Crippen molar-refractivity contribution in [2.24, 2.45) is 16.6 Å². The fraction of sp³-hybridized carbons (Fsp3) is 0.452. The third-order valence-corrected chi connectivity index (χ3v) is 5.79. The van der Waals surface area contributed by atoms with Gasteiger partial charge in [0.2, 0.25) is 0 Å². The standard InChI is InChI=1S/C31H40N6O2/c1-29(2,3)24(32)26-33-18-22(35-26)16-14-20-10-12-21(13-11-20)15-17-23-19-34-27(36-23)25(30(4,5)6)37-28(38)39-31(7,8)9/h10-13,18-19,24-25H,32H2,1-9H3,(H,33,35)(H,34,36)(H,37,38). The molecule has 0 spiro atoms. The van der Waals surface area contributed by atoms with Gasteiger partial charge in [-0.2, -0.15) is 0 Å². The Morgan fingerprint density at radius 1 is 0.795 bits per heavy atom. The largest absolute Gasteiger partial charge is 0.444 e. The van der Waals surface area contributed by atoms with Gasteiger partial charge >= 0.3 is 6.09 Å². The summed E-state index contributed by atoms with van der Waals surface area (Å²) in [4.78, 5) is 27.7. The second-order valence-electron chi connectivity index (χ2n) is 12.7. The molecule has 1 amide bonds. The molecule has 0 radical (unpaired) electrons. The van der Waals surface area contributed by atoms with Crippen LogP contribution in [0.2, 0.25) is 0 Å². The van der Waals surface area contributed by atoms with Gasteiger partial charge in [0.15, 0.2) is 0 Å². The molecular formula is C31H40N6O2. The molecule has 2 atom stereocenters. The lowest BCUT2D eigenvalue weighted by atomic mass is 9.86. The molecule has 2 aromatic heterocycles. The van der Waals surface area contributed by atoms with Crippen LogP contribution in [-0.4, -0.2) is 31.6 Å². The molecule has 0 aliphatic heterocycles. The Morgan fingerprint density at radius 2 is 1.26 bits per heavy atom. The van der Waals surface area contributed by atoms with Gasteiger partial charge in [0, 0.05) is 11.1 Å². The fourth-order valence-electron chi connectivity index (χ4n) is 3.55. The fourth-order valence-corrected chi connectivity index (χ4v) is 3.55.